The number of amides is 1. The molecule has 1 aliphatic rings. The van der Waals surface area contributed by atoms with Gasteiger partial charge in [-0.25, -0.2) is 0 Å². The van der Waals surface area contributed by atoms with Gasteiger partial charge in [-0.15, -0.1) is 0 Å². The van der Waals surface area contributed by atoms with E-state index in [4.69, 9.17) is 5.11 Å². The summed E-state index contributed by atoms with van der Waals surface area (Å²) in [6.07, 6.45) is -2.27. The third kappa shape index (κ3) is 4.03. The minimum Gasteiger partial charge on any atom is -0.481 e. The molecule has 0 unspecified atom stereocenters. The zero-order valence-electron chi connectivity index (χ0n) is 12.6. The molecular weight excluding hydrogens is 311 g/mol. The lowest BCUT2D eigenvalue weighted by Gasteiger charge is -2.34. The quantitative estimate of drug-likeness (QED) is 0.924. The monoisotopic (exact) mass is 329 g/mol. The van der Waals surface area contributed by atoms with Crippen molar-refractivity contribution < 1.29 is 27.9 Å². The van der Waals surface area contributed by atoms with Crippen LogP contribution in [0.1, 0.15) is 41.6 Å². The lowest BCUT2D eigenvalue weighted by atomic mass is 9.85. The average molecular weight is 329 g/mol. The van der Waals surface area contributed by atoms with Crippen LogP contribution in [0.3, 0.4) is 0 Å². The van der Waals surface area contributed by atoms with Crippen LogP contribution < -0.4 is 0 Å². The highest BCUT2D eigenvalue weighted by molar-refractivity contribution is 5.94. The Kier molecular flexibility index (Phi) is 4.97. The van der Waals surface area contributed by atoms with Crippen LogP contribution in [0, 0.1) is 5.92 Å². The fraction of sp³-hybridized carbons (Fsp3) is 0.500. The summed E-state index contributed by atoms with van der Waals surface area (Å²) in [5.74, 6) is -1.92. The largest absolute Gasteiger partial charge is 0.481 e. The van der Waals surface area contributed by atoms with Crippen molar-refractivity contribution in [3.05, 3.63) is 35.4 Å². The highest BCUT2D eigenvalue weighted by Gasteiger charge is 2.33. The van der Waals surface area contributed by atoms with E-state index in [1.54, 1.807) is 0 Å². The van der Waals surface area contributed by atoms with Gasteiger partial charge in [0.2, 0.25) is 0 Å². The van der Waals surface area contributed by atoms with Crippen molar-refractivity contribution in [1.29, 1.82) is 0 Å². The summed E-state index contributed by atoms with van der Waals surface area (Å²) < 4.78 is 38.2. The second kappa shape index (κ2) is 6.60. The summed E-state index contributed by atoms with van der Waals surface area (Å²) in [5.41, 5.74) is -0.913. The van der Waals surface area contributed by atoms with Crippen LogP contribution in [-0.2, 0) is 11.0 Å². The van der Waals surface area contributed by atoms with Gasteiger partial charge in [0.25, 0.3) is 5.91 Å². The van der Waals surface area contributed by atoms with E-state index < -0.39 is 29.5 Å². The first-order valence-corrected chi connectivity index (χ1v) is 7.37. The average Bonchev–Trinajstić information content (AvgIpc) is 2.53. The number of alkyl halides is 3. The molecule has 126 valence electrons. The fourth-order valence-corrected chi connectivity index (χ4v) is 2.94. The first kappa shape index (κ1) is 17.3. The lowest BCUT2D eigenvalue weighted by molar-refractivity contribution is -0.143. The molecule has 2 atom stereocenters. The molecule has 7 heteroatoms. The van der Waals surface area contributed by atoms with Gasteiger partial charge in [0.05, 0.1) is 11.5 Å². The van der Waals surface area contributed by atoms with Gasteiger partial charge in [-0.1, -0.05) is 12.5 Å². The first-order chi connectivity index (χ1) is 10.7. The Labute approximate surface area is 131 Å². The molecule has 4 nitrogen and oxygen atoms in total. The Bertz CT molecular complexity index is 600. The smallest absolute Gasteiger partial charge is 0.416 e. The molecule has 1 aromatic carbocycles. The van der Waals surface area contributed by atoms with Gasteiger partial charge in [0, 0.05) is 18.7 Å². The van der Waals surface area contributed by atoms with Gasteiger partial charge in [-0.3, -0.25) is 9.59 Å². The van der Waals surface area contributed by atoms with Gasteiger partial charge in [0.15, 0.2) is 0 Å². The molecule has 0 saturated heterocycles. The highest BCUT2D eigenvalue weighted by atomic mass is 19.4. The van der Waals surface area contributed by atoms with Crippen molar-refractivity contribution in [3.8, 4) is 0 Å². The van der Waals surface area contributed by atoms with Gasteiger partial charge >= 0.3 is 12.1 Å². The van der Waals surface area contributed by atoms with Crippen LogP contribution in [0.4, 0.5) is 13.2 Å². The molecule has 1 aliphatic carbocycles. The summed E-state index contributed by atoms with van der Waals surface area (Å²) in [5, 5.41) is 9.09. The predicted molar refractivity (Wildman–Crippen MR) is 76.9 cm³/mol. The van der Waals surface area contributed by atoms with E-state index in [2.05, 4.69) is 0 Å². The van der Waals surface area contributed by atoms with E-state index in [1.807, 2.05) is 0 Å². The van der Waals surface area contributed by atoms with E-state index in [1.165, 1.54) is 24.1 Å². The van der Waals surface area contributed by atoms with Gasteiger partial charge in [-0.05, 0) is 37.5 Å². The van der Waals surface area contributed by atoms with Crippen LogP contribution in [0.2, 0.25) is 0 Å². The van der Waals surface area contributed by atoms with Crippen molar-refractivity contribution >= 4 is 11.9 Å². The number of halogens is 3. The molecule has 0 radical (unpaired) electrons. The molecule has 0 heterocycles. The number of carboxylic acid groups (broad SMARTS) is 1. The third-order valence-corrected chi connectivity index (χ3v) is 4.30. The molecule has 0 aromatic heterocycles. The van der Waals surface area contributed by atoms with Crippen molar-refractivity contribution in [2.45, 2.75) is 37.9 Å². The van der Waals surface area contributed by atoms with E-state index in [-0.39, 0.29) is 11.6 Å². The summed E-state index contributed by atoms with van der Waals surface area (Å²) in [6.45, 7) is 0. The zero-order chi connectivity index (χ0) is 17.2. The molecule has 0 aliphatic heterocycles. The molecule has 1 N–H and O–H groups in total. The SMILES string of the molecule is CN(C(=O)c1cccc(C(F)(F)F)c1)[C@H]1CCC[C@@H](C(=O)O)C1. The van der Waals surface area contributed by atoms with Crippen LogP contribution in [0.15, 0.2) is 24.3 Å². The number of carboxylic acids is 1. The van der Waals surface area contributed by atoms with E-state index in [0.29, 0.717) is 25.7 Å². The Morgan fingerprint density at radius 3 is 2.57 bits per heavy atom. The normalized spacial score (nSPS) is 21.7. The van der Waals surface area contributed by atoms with Crippen molar-refractivity contribution in [1.82, 2.24) is 4.90 Å². The fourth-order valence-electron chi connectivity index (χ4n) is 2.94. The summed E-state index contributed by atoms with van der Waals surface area (Å²) in [4.78, 5) is 24.9. The number of nitrogens with zero attached hydrogens (tertiary/aromatic N) is 1. The highest BCUT2D eigenvalue weighted by Crippen LogP contribution is 2.31. The van der Waals surface area contributed by atoms with E-state index in [0.717, 1.165) is 12.1 Å². The number of carbonyl (C=O) groups is 2. The van der Waals surface area contributed by atoms with Crippen molar-refractivity contribution in [3.63, 3.8) is 0 Å². The van der Waals surface area contributed by atoms with E-state index >= 15 is 0 Å². The number of carbonyl (C=O) groups excluding carboxylic acids is 1. The lowest BCUT2D eigenvalue weighted by Crippen LogP contribution is -2.41. The molecule has 0 spiro atoms. The van der Waals surface area contributed by atoms with Gasteiger partial charge in [0.1, 0.15) is 0 Å². The van der Waals surface area contributed by atoms with E-state index in [9.17, 15) is 22.8 Å². The number of rotatable bonds is 3. The minimum atomic E-state index is -4.51. The number of hydrogen-bond acceptors (Lipinski definition) is 2. The summed E-state index contributed by atoms with van der Waals surface area (Å²) in [6, 6.07) is 4.01. The van der Waals surface area contributed by atoms with Crippen molar-refractivity contribution in [2.24, 2.45) is 5.92 Å². The van der Waals surface area contributed by atoms with Crippen LogP contribution in [0.5, 0.6) is 0 Å². The Morgan fingerprint density at radius 2 is 1.96 bits per heavy atom. The second-order valence-corrected chi connectivity index (χ2v) is 5.85. The standard InChI is InChI=1S/C16H18F3NO3/c1-20(13-7-3-5-11(9-13)15(22)23)14(21)10-4-2-6-12(8-10)16(17,18)19/h2,4,6,8,11,13H,3,5,7,9H2,1H3,(H,22,23)/t11-,13+/m1/s1. The molecule has 2 rings (SSSR count). The zero-order valence-corrected chi connectivity index (χ0v) is 12.6. The minimum absolute atomic E-state index is 0.0419. The third-order valence-electron chi connectivity index (χ3n) is 4.30. The molecule has 0 bridgehead atoms. The molecule has 1 fully saturated rings. The summed E-state index contributed by atoms with van der Waals surface area (Å²) in [7, 11) is 1.51. The molecule has 1 aromatic rings. The Hall–Kier alpha value is -2.05. The number of benzene rings is 1. The number of hydrogen-bond donors (Lipinski definition) is 1. The van der Waals surface area contributed by atoms with Crippen LogP contribution in [0.25, 0.3) is 0 Å². The molecule has 23 heavy (non-hydrogen) atoms. The predicted octanol–water partition coefficient (Wildman–Crippen LogP) is 3.42. The maximum atomic E-state index is 12.7. The second-order valence-electron chi connectivity index (χ2n) is 5.85. The topological polar surface area (TPSA) is 57.6 Å². The molecule has 1 saturated carbocycles. The van der Waals surface area contributed by atoms with Crippen LogP contribution >= 0.6 is 0 Å². The van der Waals surface area contributed by atoms with Gasteiger partial charge in [-0.2, -0.15) is 13.2 Å². The Balaban J connectivity index is 2.15. The molecule has 1 amide bonds. The van der Waals surface area contributed by atoms with Gasteiger partial charge < -0.3 is 10.0 Å². The Morgan fingerprint density at radius 1 is 1.26 bits per heavy atom. The first-order valence-electron chi connectivity index (χ1n) is 7.37. The maximum Gasteiger partial charge on any atom is 0.416 e. The van der Waals surface area contributed by atoms with Crippen molar-refractivity contribution in [2.75, 3.05) is 7.05 Å². The molecular formula is C16H18F3NO3. The van der Waals surface area contributed by atoms with Crippen LogP contribution in [-0.4, -0.2) is 35.0 Å². The maximum absolute atomic E-state index is 12.7. The number of aliphatic carboxylic acids is 1. The summed E-state index contributed by atoms with van der Waals surface area (Å²) >= 11 is 0.